The highest BCUT2D eigenvalue weighted by Gasteiger charge is 2.15. The first-order chi connectivity index (χ1) is 5.97. The van der Waals surface area contributed by atoms with Crippen LogP contribution in [0.1, 0.15) is 13.8 Å². The molecular formula is C8H15ClN2O2. The van der Waals surface area contributed by atoms with Gasteiger partial charge in [0.25, 0.3) is 0 Å². The number of primary amides is 1. The third-order valence-electron chi connectivity index (χ3n) is 1.40. The fourth-order valence-corrected chi connectivity index (χ4v) is 1.14. The van der Waals surface area contributed by atoms with E-state index in [0.29, 0.717) is 12.5 Å². The standard InChI is InChI=1S/C8H15ClN2O2/c1-6(2)4-11(5-7(10)12)8(13)3-9/h6H,3-5H2,1-2H3,(H2,10,12). The predicted molar refractivity (Wildman–Crippen MR) is 51.3 cm³/mol. The van der Waals surface area contributed by atoms with Crippen LogP contribution in [-0.2, 0) is 9.59 Å². The molecule has 13 heavy (non-hydrogen) atoms. The molecule has 5 heteroatoms. The summed E-state index contributed by atoms with van der Waals surface area (Å²) in [5, 5.41) is 0. The molecule has 4 nitrogen and oxygen atoms in total. The van der Waals surface area contributed by atoms with Crippen LogP contribution in [0.2, 0.25) is 0 Å². The number of hydrogen-bond acceptors (Lipinski definition) is 2. The van der Waals surface area contributed by atoms with Gasteiger partial charge >= 0.3 is 0 Å². The Balaban J connectivity index is 4.18. The van der Waals surface area contributed by atoms with Crippen molar-refractivity contribution < 1.29 is 9.59 Å². The minimum Gasteiger partial charge on any atom is -0.368 e. The summed E-state index contributed by atoms with van der Waals surface area (Å²) in [4.78, 5) is 23.1. The van der Waals surface area contributed by atoms with Crippen molar-refractivity contribution in [3.05, 3.63) is 0 Å². The number of hydrogen-bond donors (Lipinski definition) is 1. The smallest absolute Gasteiger partial charge is 0.237 e. The molecule has 0 aromatic rings. The first-order valence-corrected chi connectivity index (χ1v) is 4.62. The molecule has 2 N–H and O–H groups in total. The number of carbonyl (C=O) groups excluding carboxylic acids is 2. The first kappa shape index (κ1) is 12.2. The van der Waals surface area contributed by atoms with E-state index in [4.69, 9.17) is 17.3 Å². The van der Waals surface area contributed by atoms with Gasteiger partial charge in [0.1, 0.15) is 5.88 Å². The Bertz CT molecular complexity index is 195. The lowest BCUT2D eigenvalue weighted by Crippen LogP contribution is -2.41. The van der Waals surface area contributed by atoms with E-state index in [9.17, 15) is 9.59 Å². The maximum atomic E-state index is 11.2. The normalized spacial score (nSPS) is 10.2. The van der Waals surface area contributed by atoms with E-state index in [0.717, 1.165) is 0 Å². The Morgan fingerprint density at radius 1 is 1.46 bits per heavy atom. The SMILES string of the molecule is CC(C)CN(CC(N)=O)C(=O)CCl. The van der Waals surface area contributed by atoms with Crippen LogP contribution < -0.4 is 5.73 Å². The molecule has 0 atom stereocenters. The summed E-state index contributed by atoms with van der Waals surface area (Å²) in [6, 6.07) is 0. The Kier molecular flexibility index (Phi) is 5.46. The molecule has 0 radical (unpaired) electrons. The van der Waals surface area contributed by atoms with Crippen LogP contribution in [0, 0.1) is 5.92 Å². The van der Waals surface area contributed by atoms with Crippen molar-refractivity contribution in [2.75, 3.05) is 19.0 Å². The van der Waals surface area contributed by atoms with E-state index in [1.54, 1.807) is 0 Å². The van der Waals surface area contributed by atoms with Gasteiger partial charge in [-0.25, -0.2) is 0 Å². The molecule has 0 rings (SSSR count). The number of rotatable bonds is 5. The molecule has 0 heterocycles. The fourth-order valence-electron chi connectivity index (χ4n) is 0.968. The monoisotopic (exact) mass is 206 g/mol. The summed E-state index contributed by atoms with van der Waals surface area (Å²) in [5.74, 6) is -0.584. The minimum atomic E-state index is -0.515. The second-order valence-electron chi connectivity index (χ2n) is 3.27. The number of alkyl halides is 1. The lowest BCUT2D eigenvalue weighted by molar-refractivity contribution is -0.133. The molecule has 0 bridgehead atoms. The zero-order chi connectivity index (χ0) is 10.4. The van der Waals surface area contributed by atoms with Crippen molar-refractivity contribution in [1.29, 1.82) is 0 Å². The molecule has 0 saturated carbocycles. The van der Waals surface area contributed by atoms with E-state index in [2.05, 4.69) is 0 Å². The van der Waals surface area contributed by atoms with Crippen molar-refractivity contribution in [2.45, 2.75) is 13.8 Å². The third-order valence-corrected chi connectivity index (χ3v) is 1.63. The molecule has 0 aromatic heterocycles. The predicted octanol–water partition coefficient (Wildman–Crippen LogP) is 0.195. The molecule has 0 aliphatic rings. The van der Waals surface area contributed by atoms with Crippen molar-refractivity contribution in [2.24, 2.45) is 11.7 Å². The van der Waals surface area contributed by atoms with E-state index in [1.165, 1.54) is 4.90 Å². The number of amides is 2. The van der Waals surface area contributed by atoms with E-state index < -0.39 is 5.91 Å². The van der Waals surface area contributed by atoms with Gasteiger partial charge in [0, 0.05) is 6.54 Å². The summed E-state index contributed by atoms with van der Waals surface area (Å²) in [6.45, 7) is 4.36. The van der Waals surface area contributed by atoms with Gasteiger partial charge in [0.2, 0.25) is 11.8 Å². The lowest BCUT2D eigenvalue weighted by atomic mass is 10.2. The summed E-state index contributed by atoms with van der Waals surface area (Å²) < 4.78 is 0. The number of nitrogens with zero attached hydrogens (tertiary/aromatic N) is 1. The number of carbonyl (C=O) groups is 2. The Morgan fingerprint density at radius 3 is 2.31 bits per heavy atom. The fraction of sp³-hybridized carbons (Fsp3) is 0.750. The van der Waals surface area contributed by atoms with E-state index in [-0.39, 0.29) is 18.3 Å². The van der Waals surface area contributed by atoms with Crippen LogP contribution in [0.4, 0.5) is 0 Å². The molecule has 0 aliphatic heterocycles. The molecule has 0 aliphatic carbocycles. The molecule has 76 valence electrons. The summed E-state index contributed by atoms with van der Waals surface area (Å²) in [6.07, 6.45) is 0. The molecule has 0 spiro atoms. The zero-order valence-corrected chi connectivity index (χ0v) is 8.67. The van der Waals surface area contributed by atoms with Crippen molar-refractivity contribution in [3.63, 3.8) is 0 Å². The van der Waals surface area contributed by atoms with Gasteiger partial charge in [-0.05, 0) is 5.92 Å². The lowest BCUT2D eigenvalue weighted by Gasteiger charge is -2.21. The van der Waals surface area contributed by atoms with Crippen molar-refractivity contribution in [3.8, 4) is 0 Å². The number of halogens is 1. The highest BCUT2D eigenvalue weighted by atomic mass is 35.5. The first-order valence-electron chi connectivity index (χ1n) is 4.09. The number of nitrogens with two attached hydrogens (primary N) is 1. The minimum absolute atomic E-state index is 0.0519. The summed E-state index contributed by atoms with van der Waals surface area (Å²) in [7, 11) is 0. The topological polar surface area (TPSA) is 63.4 Å². The quantitative estimate of drug-likeness (QED) is 0.653. The molecule has 2 amide bonds. The largest absolute Gasteiger partial charge is 0.368 e. The van der Waals surface area contributed by atoms with Gasteiger partial charge in [0.15, 0.2) is 0 Å². The van der Waals surface area contributed by atoms with Crippen LogP contribution in [0.5, 0.6) is 0 Å². The summed E-state index contributed by atoms with van der Waals surface area (Å²) >= 11 is 5.37. The molecule has 0 fully saturated rings. The van der Waals surface area contributed by atoms with Gasteiger partial charge in [-0.2, -0.15) is 0 Å². The molecule has 0 saturated heterocycles. The van der Waals surface area contributed by atoms with Crippen LogP contribution in [0.3, 0.4) is 0 Å². The maximum absolute atomic E-state index is 11.2. The third kappa shape index (κ3) is 5.47. The van der Waals surface area contributed by atoms with Gasteiger partial charge in [-0.3, -0.25) is 9.59 Å². The summed E-state index contributed by atoms with van der Waals surface area (Å²) in [5.41, 5.74) is 4.99. The van der Waals surface area contributed by atoms with Gasteiger partial charge in [-0.15, -0.1) is 11.6 Å². The molecule has 0 aromatic carbocycles. The Hall–Kier alpha value is -0.770. The second kappa shape index (κ2) is 5.80. The van der Waals surface area contributed by atoms with E-state index >= 15 is 0 Å². The van der Waals surface area contributed by atoms with Crippen molar-refractivity contribution >= 4 is 23.4 Å². The van der Waals surface area contributed by atoms with Crippen LogP contribution in [-0.4, -0.2) is 35.7 Å². The molecule has 0 unspecified atom stereocenters. The van der Waals surface area contributed by atoms with Crippen LogP contribution >= 0.6 is 11.6 Å². The van der Waals surface area contributed by atoms with Crippen molar-refractivity contribution in [1.82, 2.24) is 4.90 Å². The van der Waals surface area contributed by atoms with Crippen LogP contribution in [0.15, 0.2) is 0 Å². The van der Waals surface area contributed by atoms with Crippen LogP contribution in [0.25, 0.3) is 0 Å². The van der Waals surface area contributed by atoms with Gasteiger partial charge < -0.3 is 10.6 Å². The Morgan fingerprint density at radius 2 is 2.00 bits per heavy atom. The maximum Gasteiger partial charge on any atom is 0.237 e. The highest BCUT2D eigenvalue weighted by molar-refractivity contribution is 6.27. The average molecular weight is 207 g/mol. The van der Waals surface area contributed by atoms with Gasteiger partial charge in [-0.1, -0.05) is 13.8 Å². The Labute approximate surface area is 83.0 Å². The highest BCUT2D eigenvalue weighted by Crippen LogP contribution is 1.99. The average Bonchev–Trinajstić information content (AvgIpc) is 2.00. The second-order valence-corrected chi connectivity index (χ2v) is 3.54. The molecular weight excluding hydrogens is 192 g/mol. The zero-order valence-electron chi connectivity index (χ0n) is 7.92. The van der Waals surface area contributed by atoms with Gasteiger partial charge in [0.05, 0.1) is 6.54 Å². The van der Waals surface area contributed by atoms with E-state index in [1.807, 2.05) is 13.8 Å².